The summed E-state index contributed by atoms with van der Waals surface area (Å²) in [5.41, 5.74) is 2.34. The van der Waals surface area contributed by atoms with Crippen molar-refractivity contribution in [2.24, 2.45) is 0 Å². The molecule has 0 spiro atoms. The Bertz CT molecular complexity index is 930. The SMILES string of the molecule is COC(=O)c1sc(-c2ccccc2)cc1NC(=O)C=Cc1ccccc1. The molecule has 0 unspecified atom stereocenters. The zero-order chi connectivity index (χ0) is 18.4. The molecule has 1 heterocycles. The van der Waals surface area contributed by atoms with E-state index < -0.39 is 5.97 Å². The number of hydrogen-bond acceptors (Lipinski definition) is 4. The summed E-state index contributed by atoms with van der Waals surface area (Å²) in [6, 6.07) is 21.0. The van der Waals surface area contributed by atoms with Crippen LogP contribution in [0.3, 0.4) is 0 Å². The number of rotatable bonds is 5. The van der Waals surface area contributed by atoms with Gasteiger partial charge in [0.1, 0.15) is 4.88 Å². The molecular weight excluding hydrogens is 346 g/mol. The second-order valence-corrected chi connectivity index (χ2v) is 6.50. The fourth-order valence-corrected chi connectivity index (χ4v) is 3.42. The molecule has 4 nitrogen and oxygen atoms in total. The monoisotopic (exact) mass is 363 g/mol. The molecule has 130 valence electrons. The van der Waals surface area contributed by atoms with E-state index in [4.69, 9.17) is 4.74 Å². The number of benzene rings is 2. The average Bonchev–Trinajstić information content (AvgIpc) is 3.11. The molecule has 0 fully saturated rings. The highest BCUT2D eigenvalue weighted by Crippen LogP contribution is 2.35. The molecule has 0 aliphatic carbocycles. The summed E-state index contributed by atoms with van der Waals surface area (Å²) >= 11 is 1.29. The van der Waals surface area contributed by atoms with Crippen molar-refractivity contribution in [2.75, 3.05) is 12.4 Å². The number of esters is 1. The van der Waals surface area contributed by atoms with Gasteiger partial charge in [-0.1, -0.05) is 60.7 Å². The van der Waals surface area contributed by atoms with Crippen molar-refractivity contribution in [3.63, 3.8) is 0 Å². The number of methoxy groups -OCH3 is 1. The lowest BCUT2D eigenvalue weighted by molar-refractivity contribution is -0.111. The van der Waals surface area contributed by atoms with Crippen molar-refractivity contribution < 1.29 is 14.3 Å². The minimum atomic E-state index is -0.473. The third-order valence-electron chi connectivity index (χ3n) is 3.65. The van der Waals surface area contributed by atoms with Gasteiger partial charge in [0.15, 0.2) is 0 Å². The quantitative estimate of drug-likeness (QED) is 0.520. The van der Waals surface area contributed by atoms with Crippen molar-refractivity contribution in [3.8, 4) is 10.4 Å². The Morgan fingerprint density at radius 3 is 2.31 bits per heavy atom. The van der Waals surface area contributed by atoms with Gasteiger partial charge in [-0.25, -0.2) is 4.79 Å². The van der Waals surface area contributed by atoms with Gasteiger partial charge in [-0.3, -0.25) is 4.79 Å². The first-order valence-electron chi connectivity index (χ1n) is 7.99. The Hall–Kier alpha value is -3.18. The van der Waals surface area contributed by atoms with Gasteiger partial charge in [0.05, 0.1) is 12.8 Å². The highest BCUT2D eigenvalue weighted by molar-refractivity contribution is 7.18. The lowest BCUT2D eigenvalue weighted by Gasteiger charge is -2.02. The number of hydrogen-bond donors (Lipinski definition) is 1. The minimum Gasteiger partial charge on any atom is -0.465 e. The Morgan fingerprint density at radius 1 is 1.00 bits per heavy atom. The van der Waals surface area contributed by atoms with E-state index in [1.54, 1.807) is 12.1 Å². The molecule has 5 heteroatoms. The van der Waals surface area contributed by atoms with Crippen LogP contribution in [0.25, 0.3) is 16.5 Å². The number of nitrogens with one attached hydrogen (secondary N) is 1. The van der Waals surface area contributed by atoms with Crippen LogP contribution in [0.1, 0.15) is 15.2 Å². The summed E-state index contributed by atoms with van der Waals surface area (Å²) in [5.74, 6) is -0.782. The maximum Gasteiger partial charge on any atom is 0.350 e. The molecule has 26 heavy (non-hydrogen) atoms. The largest absolute Gasteiger partial charge is 0.465 e. The predicted octanol–water partition coefficient (Wildman–Crippen LogP) is 4.85. The molecule has 0 aliphatic rings. The number of thiophene rings is 1. The third-order valence-corrected chi connectivity index (χ3v) is 4.81. The van der Waals surface area contributed by atoms with Gasteiger partial charge in [-0.15, -0.1) is 11.3 Å². The molecular formula is C21H17NO3S. The molecule has 0 atom stereocenters. The van der Waals surface area contributed by atoms with E-state index in [2.05, 4.69) is 5.32 Å². The molecule has 1 aromatic heterocycles. The Labute approximate surface area is 155 Å². The van der Waals surface area contributed by atoms with Crippen molar-refractivity contribution >= 4 is 35.0 Å². The zero-order valence-corrected chi connectivity index (χ0v) is 15.0. The number of carbonyl (C=O) groups excluding carboxylic acids is 2. The summed E-state index contributed by atoms with van der Waals surface area (Å²) < 4.78 is 4.84. The Morgan fingerprint density at radius 2 is 1.65 bits per heavy atom. The third kappa shape index (κ3) is 4.26. The van der Waals surface area contributed by atoms with Gasteiger partial charge in [-0.05, 0) is 23.3 Å². The van der Waals surface area contributed by atoms with E-state index in [0.29, 0.717) is 10.6 Å². The molecule has 0 saturated heterocycles. The maximum atomic E-state index is 12.2. The molecule has 1 N–H and O–H groups in total. The Balaban J connectivity index is 1.84. The van der Waals surface area contributed by atoms with Crippen LogP contribution < -0.4 is 5.32 Å². The number of anilines is 1. The topological polar surface area (TPSA) is 55.4 Å². The van der Waals surface area contributed by atoms with E-state index in [9.17, 15) is 9.59 Å². The van der Waals surface area contributed by atoms with Crippen LogP contribution in [0.4, 0.5) is 5.69 Å². The molecule has 3 rings (SSSR count). The van der Waals surface area contributed by atoms with Gasteiger partial charge in [0.2, 0.25) is 5.91 Å². The number of amides is 1. The maximum absolute atomic E-state index is 12.2. The fraction of sp³-hybridized carbons (Fsp3) is 0.0476. The van der Waals surface area contributed by atoms with Crippen molar-refractivity contribution in [1.29, 1.82) is 0 Å². The zero-order valence-electron chi connectivity index (χ0n) is 14.1. The molecule has 0 saturated carbocycles. The van der Waals surface area contributed by atoms with Gasteiger partial charge >= 0.3 is 5.97 Å². The fourth-order valence-electron chi connectivity index (χ4n) is 2.38. The van der Waals surface area contributed by atoms with E-state index in [-0.39, 0.29) is 5.91 Å². The van der Waals surface area contributed by atoms with Gasteiger partial charge in [-0.2, -0.15) is 0 Å². The highest BCUT2D eigenvalue weighted by Gasteiger charge is 2.18. The van der Waals surface area contributed by atoms with Crippen molar-refractivity contribution in [2.45, 2.75) is 0 Å². The summed E-state index contributed by atoms with van der Waals surface area (Å²) in [6.07, 6.45) is 3.16. The normalized spacial score (nSPS) is 10.7. The molecule has 0 bridgehead atoms. The van der Waals surface area contributed by atoms with Crippen LogP contribution in [0, 0.1) is 0 Å². The van der Waals surface area contributed by atoms with Crippen molar-refractivity contribution in [1.82, 2.24) is 0 Å². The van der Waals surface area contributed by atoms with E-state index in [1.165, 1.54) is 24.5 Å². The molecule has 1 amide bonds. The van der Waals surface area contributed by atoms with Crippen molar-refractivity contribution in [3.05, 3.63) is 83.2 Å². The van der Waals surface area contributed by atoms with Crippen LogP contribution in [-0.2, 0) is 9.53 Å². The number of carbonyl (C=O) groups is 2. The van der Waals surface area contributed by atoms with E-state index in [0.717, 1.165) is 16.0 Å². The second kappa shape index (κ2) is 8.27. The van der Waals surface area contributed by atoms with Crippen LogP contribution in [0.2, 0.25) is 0 Å². The summed E-state index contributed by atoms with van der Waals surface area (Å²) in [4.78, 5) is 25.6. The average molecular weight is 363 g/mol. The first-order chi connectivity index (χ1) is 12.7. The first-order valence-corrected chi connectivity index (χ1v) is 8.80. The second-order valence-electron chi connectivity index (χ2n) is 5.44. The van der Waals surface area contributed by atoms with Gasteiger partial charge < -0.3 is 10.1 Å². The first kappa shape index (κ1) is 17.6. The summed E-state index contributed by atoms with van der Waals surface area (Å²) in [5, 5.41) is 2.77. The van der Waals surface area contributed by atoms with Crippen LogP contribution in [0.15, 0.2) is 72.8 Å². The van der Waals surface area contributed by atoms with Gasteiger partial charge in [0.25, 0.3) is 0 Å². The molecule has 0 aliphatic heterocycles. The van der Waals surface area contributed by atoms with Gasteiger partial charge in [0, 0.05) is 11.0 Å². The van der Waals surface area contributed by atoms with E-state index >= 15 is 0 Å². The minimum absolute atomic E-state index is 0.309. The van der Waals surface area contributed by atoms with Crippen LogP contribution in [0.5, 0.6) is 0 Å². The number of ether oxygens (including phenoxy) is 1. The highest BCUT2D eigenvalue weighted by atomic mass is 32.1. The molecule has 3 aromatic rings. The molecule has 2 aromatic carbocycles. The lowest BCUT2D eigenvalue weighted by Crippen LogP contribution is -2.10. The molecule has 0 radical (unpaired) electrons. The summed E-state index contributed by atoms with van der Waals surface area (Å²) in [6.45, 7) is 0. The van der Waals surface area contributed by atoms with Crippen LogP contribution >= 0.6 is 11.3 Å². The Kier molecular flexibility index (Phi) is 5.61. The van der Waals surface area contributed by atoms with Crippen LogP contribution in [-0.4, -0.2) is 19.0 Å². The van der Waals surface area contributed by atoms with E-state index in [1.807, 2.05) is 60.7 Å². The summed E-state index contributed by atoms with van der Waals surface area (Å²) in [7, 11) is 1.32. The lowest BCUT2D eigenvalue weighted by atomic mass is 10.2. The predicted molar refractivity (Wildman–Crippen MR) is 105 cm³/mol. The standard InChI is InChI=1S/C21H17NO3S/c1-25-21(24)20-17(14-18(26-20)16-10-6-3-7-11-16)22-19(23)13-12-15-8-4-2-5-9-15/h2-14H,1H3,(H,22,23). The smallest absolute Gasteiger partial charge is 0.350 e.